The SMILES string of the molecule is Cc1nc(CNC(=O)c2cn3cc(-c4cc(C)oc4C)n(C)c(=O)c3n2)n[nH]1. The minimum atomic E-state index is -0.412. The van der Waals surface area contributed by atoms with E-state index in [0.717, 1.165) is 11.3 Å². The van der Waals surface area contributed by atoms with Crippen molar-refractivity contribution in [1.29, 1.82) is 0 Å². The second kappa shape index (κ2) is 6.48. The molecule has 0 aliphatic carbocycles. The van der Waals surface area contributed by atoms with E-state index in [0.29, 0.717) is 23.1 Å². The maximum Gasteiger partial charge on any atom is 0.294 e. The Morgan fingerprint density at radius 3 is 2.68 bits per heavy atom. The molecule has 0 spiro atoms. The summed E-state index contributed by atoms with van der Waals surface area (Å²) in [4.78, 5) is 33.5. The fraction of sp³-hybridized carbons (Fsp3) is 0.278. The molecule has 0 aliphatic heterocycles. The molecule has 0 aromatic carbocycles. The van der Waals surface area contributed by atoms with E-state index in [1.807, 2.05) is 19.9 Å². The molecule has 0 fully saturated rings. The Hall–Kier alpha value is -3.69. The molecule has 0 atom stereocenters. The summed E-state index contributed by atoms with van der Waals surface area (Å²) < 4.78 is 8.63. The standard InChI is InChI=1S/C18H19N7O3/c1-9-5-12(10(2)28-9)14-8-25-7-13(21-16(25)18(27)24(14)4)17(26)19-6-15-20-11(3)22-23-15/h5,7-8H,6H2,1-4H3,(H,19,26)(H,20,22,23). The zero-order chi connectivity index (χ0) is 20.0. The Labute approximate surface area is 159 Å². The lowest BCUT2D eigenvalue weighted by atomic mass is 10.2. The molecule has 0 saturated heterocycles. The second-order valence-electron chi connectivity index (χ2n) is 6.58. The number of hydrogen-bond donors (Lipinski definition) is 2. The lowest BCUT2D eigenvalue weighted by molar-refractivity contribution is 0.0945. The average Bonchev–Trinajstić information content (AvgIpc) is 3.34. The highest BCUT2D eigenvalue weighted by Gasteiger charge is 2.18. The van der Waals surface area contributed by atoms with Gasteiger partial charge in [0.1, 0.15) is 23.0 Å². The van der Waals surface area contributed by atoms with Gasteiger partial charge in [-0.15, -0.1) is 0 Å². The van der Waals surface area contributed by atoms with Crippen LogP contribution in [0.15, 0.2) is 27.7 Å². The number of aryl methyl sites for hydroxylation is 3. The number of nitrogens with one attached hydrogen (secondary N) is 2. The number of rotatable bonds is 4. The van der Waals surface area contributed by atoms with Crippen LogP contribution in [0.4, 0.5) is 0 Å². The maximum atomic E-state index is 12.8. The Kier molecular flexibility index (Phi) is 4.10. The van der Waals surface area contributed by atoms with E-state index < -0.39 is 5.91 Å². The van der Waals surface area contributed by atoms with Crippen molar-refractivity contribution >= 4 is 11.6 Å². The highest BCUT2D eigenvalue weighted by molar-refractivity contribution is 5.92. The van der Waals surface area contributed by atoms with E-state index in [9.17, 15) is 9.59 Å². The topological polar surface area (TPSA) is 123 Å². The van der Waals surface area contributed by atoms with E-state index in [1.165, 1.54) is 10.8 Å². The first-order valence-electron chi connectivity index (χ1n) is 8.65. The van der Waals surface area contributed by atoms with Crippen LogP contribution in [0.1, 0.15) is 33.7 Å². The van der Waals surface area contributed by atoms with Gasteiger partial charge in [0.05, 0.1) is 12.2 Å². The number of carbonyl (C=O) groups is 1. The summed E-state index contributed by atoms with van der Waals surface area (Å²) in [5, 5.41) is 9.38. The molecule has 10 heteroatoms. The van der Waals surface area contributed by atoms with Gasteiger partial charge >= 0.3 is 0 Å². The van der Waals surface area contributed by atoms with Crippen molar-refractivity contribution in [1.82, 2.24) is 34.4 Å². The van der Waals surface area contributed by atoms with Gasteiger partial charge in [-0.2, -0.15) is 5.10 Å². The van der Waals surface area contributed by atoms with Gasteiger partial charge in [0, 0.05) is 25.0 Å². The smallest absolute Gasteiger partial charge is 0.294 e. The number of fused-ring (bicyclic) bond motifs is 1. The van der Waals surface area contributed by atoms with Crippen molar-refractivity contribution in [3.63, 3.8) is 0 Å². The minimum absolute atomic E-state index is 0.140. The molecule has 1 amide bonds. The first-order valence-corrected chi connectivity index (χ1v) is 8.65. The van der Waals surface area contributed by atoms with Crippen LogP contribution < -0.4 is 10.9 Å². The number of aromatic amines is 1. The number of furan rings is 1. The summed E-state index contributed by atoms with van der Waals surface area (Å²) in [5.41, 5.74) is 1.50. The molecular formula is C18H19N7O3. The predicted octanol–water partition coefficient (Wildman–Crippen LogP) is 1.27. The normalized spacial score (nSPS) is 11.3. The fourth-order valence-electron chi connectivity index (χ4n) is 3.09. The number of aromatic nitrogens is 6. The van der Waals surface area contributed by atoms with Crippen molar-refractivity contribution in [2.75, 3.05) is 0 Å². The van der Waals surface area contributed by atoms with Gasteiger partial charge in [-0.1, -0.05) is 0 Å². The van der Waals surface area contributed by atoms with Crippen LogP contribution >= 0.6 is 0 Å². The molecular weight excluding hydrogens is 362 g/mol. The highest BCUT2D eigenvalue weighted by Crippen LogP contribution is 2.25. The Balaban J connectivity index is 1.69. The largest absolute Gasteiger partial charge is 0.466 e. The zero-order valence-electron chi connectivity index (χ0n) is 15.9. The first kappa shape index (κ1) is 17.7. The van der Waals surface area contributed by atoms with Gasteiger partial charge in [0.15, 0.2) is 5.82 Å². The van der Waals surface area contributed by atoms with Gasteiger partial charge < -0.3 is 14.3 Å². The van der Waals surface area contributed by atoms with E-state index >= 15 is 0 Å². The number of hydrogen-bond acceptors (Lipinski definition) is 6. The fourth-order valence-corrected chi connectivity index (χ4v) is 3.09. The molecule has 28 heavy (non-hydrogen) atoms. The number of amides is 1. The van der Waals surface area contributed by atoms with Crippen molar-refractivity contribution in [2.45, 2.75) is 27.3 Å². The monoisotopic (exact) mass is 381 g/mol. The quantitative estimate of drug-likeness (QED) is 0.549. The summed E-state index contributed by atoms with van der Waals surface area (Å²) in [6.07, 6.45) is 3.29. The van der Waals surface area contributed by atoms with Crippen LogP contribution in [-0.2, 0) is 13.6 Å². The molecule has 4 aromatic heterocycles. The van der Waals surface area contributed by atoms with Crippen LogP contribution in [0, 0.1) is 20.8 Å². The lowest BCUT2D eigenvalue weighted by Gasteiger charge is -2.07. The van der Waals surface area contributed by atoms with Crippen LogP contribution in [-0.4, -0.2) is 35.0 Å². The Morgan fingerprint density at radius 1 is 1.25 bits per heavy atom. The molecule has 144 valence electrons. The number of imidazole rings is 1. The van der Waals surface area contributed by atoms with Gasteiger partial charge in [-0.25, -0.2) is 9.97 Å². The summed E-state index contributed by atoms with van der Waals surface area (Å²) >= 11 is 0. The maximum absolute atomic E-state index is 12.8. The molecule has 4 aromatic rings. The van der Waals surface area contributed by atoms with Gasteiger partial charge in [-0.3, -0.25) is 19.1 Å². The summed E-state index contributed by atoms with van der Waals surface area (Å²) in [7, 11) is 1.67. The molecule has 10 nitrogen and oxygen atoms in total. The van der Waals surface area contributed by atoms with E-state index in [4.69, 9.17) is 4.42 Å². The van der Waals surface area contributed by atoms with E-state index in [2.05, 4.69) is 25.5 Å². The van der Waals surface area contributed by atoms with Gasteiger partial charge in [-0.05, 0) is 26.8 Å². The van der Waals surface area contributed by atoms with Gasteiger partial charge in [0.25, 0.3) is 11.5 Å². The Bertz CT molecular complexity index is 1260. The van der Waals surface area contributed by atoms with Crippen molar-refractivity contribution in [2.24, 2.45) is 7.05 Å². The van der Waals surface area contributed by atoms with Crippen molar-refractivity contribution < 1.29 is 9.21 Å². The molecule has 0 unspecified atom stereocenters. The lowest BCUT2D eigenvalue weighted by Crippen LogP contribution is -2.24. The van der Waals surface area contributed by atoms with Crippen molar-refractivity contribution in [3.8, 4) is 11.3 Å². The molecule has 4 rings (SSSR count). The third-order valence-corrected chi connectivity index (χ3v) is 4.45. The van der Waals surface area contributed by atoms with Gasteiger partial charge in [0.2, 0.25) is 5.65 Å². The first-order chi connectivity index (χ1) is 13.3. The predicted molar refractivity (Wildman–Crippen MR) is 99.9 cm³/mol. The summed E-state index contributed by atoms with van der Waals surface area (Å²) in [6.45, 7) is 5.63. The molecule has 2 N–H and O–H groups in total. The van der Waals surface area contributed by atoms with Crippen LogP contribution in [0.3, 0.4) is 0 Å². The molecule has 0 saturated carbocycles. The van der Waals surface area contributed by atoms with Crippen LogP contribution in [0.5, 0.6) is 0 Å². The molecule has 0 radical (unpaired) electrons. The highest BCUT2D eigenvalue weighted by atomic mass is 16.3. The number of H-pyrrole nitrogens is 1. The van der Waals surface area contributed by atoms with E-state index in [-0.39, 0.29) is 23.4 Å². The summed E-state index contributed by atoms with van der Waals surface area (Å²) in [5.74, 6) is 2.20. The van der Waals surface area contributed by atoms with Crippen LogP contribution in [0.2, 0.25) is 0 Å². The molecule has 0 bridgehead atoms. The molecule has 4 heterocycles. The third-order valence-electron chi connectivity index (χ3n) is 4.45. The summed E-state index contributed by atoms with van der Waals surface area (Å²) in [6, 6.07) is 1.87. The van der Waals surface area contributed by atoms with Crippen molar-refractivity contribution in [3.05, 3.63) is 57.7 Å². The van der Waals surface area contributed by atoms with E-state index in [1.54, 1.807) is 24.6 Å². The average molecular weight is 381 g/mol. The molecule has 0 aliphatic rings. The number of nitrogens with zero attached hydrogens (tertiary/aromatic N) is 5. The Morgan fingerprint density at radius 2 is 2.04 bits per heavy atom. The second-order valence-corrected chi connectivity index (χ2v) is 6.58. The zero-order valence-corrected chi connectivity index (χ0v) is 15.9. The number of carbonyl (C=O) groups excluding carboxylic acids is 1. The minimum Gasteiger partial charge on any atom is -0.466 e. The van der Waals surface area contributed by atoms with Crippen LogP contribution in [0.25, 0.3) is 16.9 Å². The third kappa shape index (κ3) is 2.98.